The molecule has 1 heterocycles. The van der Waals surface area contributed by atoms with E-state index >= 15 is 0 Å². The maximum atomic E-state index is 13.1. The molecule has 2 atom stereocenters. The molecule has 0 radical (unpaired) electrons. The summed E-state index contributed by atoms with van der Waals surface area (Å²) in [5.74, 6) is -2.90. The van der Waals surface area contributed by atoms with Gasteiger partial charge in [0.25, 0.3) is 5.69 Å². The third-order valence-electron chi connectivity index (χ3n) is 5.50. The van der Waals surface area contributed by atoms with Crippen LogP contribution in [-0.4, -0.2) is 41.4 Å². The summed E-state index contributed by atoms with van der Waals surface area (Å²) in [5.41, 5.74) is 2.09. The highest BCUT2D eigenvalue weighted by Crippen LogP contribution is 2.40. The number of benzene rings is 2. The first-order valence-electron chi connectivity index (χ1n) is 10.3. The second-order valence-electron chi connectivity index (χ2n) is 7.64. The summed E-state index contributed by atoms with van der Waals surface area (Å²) >= 11 is 0. The summed E-state index contributed by atoms with van der Waals surface area (Å²) < 4.78 is 10.5. The molecule has 33 heavy (non-hydrogen) atoms. The van der Waals surface area contributed by atoms with Gasteiger partial charge in [-0.15, -0.1) is 0 Å². The van der Waals surface area contributed by atoms with Crippen LogP contribution in [0.2, 0.25) is 0 Å². The number of esters is 2. The van der Waals surface area contributed by atoms with E-state index in [1.54, 1.807) is 44.2 Å². The molecule has 0 amide bonds. The number of non-ortho nitro benzene ring substituents is 1. The summed E-state index contributed by atoms with van der Waals surface area (Å²) in [6, 6.07) is 12.4. The zero-order valence-electron chi connectivity index (χ0n) is 18.5. The molecule has 1 aliphatic heterocycles. The molecular weight excluding hydrogens is 428 g/mol. The maximum Gasteiger partial charge on any atom is 0.336 e. The van der Waals surface area contributed by atoms with Crippen LogP contribution in [-0.2, 0) is 25.5 Å². The quantitative estimate of drug-likeness (QED) is 0.385. The fourth-order valence-corrected chi connectivity index (χ4v) is 3.93. The highest BCUT2D eigenvalue weighted by Gasteiger charge is 2.42. The average Bonchev–Trinajstić information content (AvgIpc) is 2.79. The molecule has 3 rings (SSSR count). The molecule has 0 aromatic heterocycles. The number of methoxy groups -OCH3 is 1. The normalized spacial score (nSPS) is 17.8. The molecule has 0 saturated carbocycles. The number of phenolic OH excluding ortho intramolecular Hbond substituents is 1. The fourth-order valence-electron chi connectivity index (χ4n) is 3.93. The van der Waals surface area contributed by atoms with E-state index in [2.05, 4.69) is 4.99 Å². The number of nitro benzene ring substituents is 1. The molecule has 2 aromatic rings. The summed E-state index contributed by atoms with van der Waals surface area (Å²) in [5, 5.41) is 20.7. The predicted molar refractivity (Wildman–Crippen MR) is 120 cm³/mol. The molecule has 0 bridgehead atoms. The van der Waals surface area contributed by atoms with Crippen molar-refractivity contribution in [2.75, 3.05) is 13.7 Å². The van der Waals surface area contributed by atoms with Crippen LogP contribution < -0.4 is 0 Å². The lowest BCUT2D eigenvalue weighted by atomic mass is 9.75. The minimum atomic E-state index is -0.930. The minimum absolute atomic E-state index is 0.0631. The zero-order valence-corrected chi connectivity index (χ0v) is 18.5. The van der Waals surface area contributed by atoms with Crippen LogP contribution in [0.3, 0.4) is 0 Å². The van der Waals surface area contributed by atoms with Crippen molar-refractivity contribution >= 4 is 23.3 Å². The van der Waals surface area contributed by atoms with E-state index in [-0.39, 0.29) is 23.6 Å². The van der Waals surface area contributed by atoms with E-state index in [1.807, 2.05) is 0 Å². The van der Waals surface area contributed by atoms with Crippen LogP contribution in [0, 0.1) is 16.0 Å². The van der Waals surface area contributed by atoms with Crippen molar-refractivity contribution in [2.24, 2.45) is 10.9 Å². The Labute approximate surface area is 190 Å². The lowest BCUT2D eigenvalue weighted by Gasteiger charge is -2.31. The van der Waals surface area contributed by atoms with Crippen molar-refractivity contribution in [1.29, 1.82) is 0 Å². The van der Waals surface area contributed by atoms with E-state index in [1.165, 1.54) is 25.3 Å². The Balaban J connectivity index is 1.94. The fraction of sp³-hybridized carbons (Fsp3) is 0.292. The van der Waals surface area contributed by atoms with Crippen LogP contribution in [0.15, 0.2) is 64.8 Å². The van der Waals surface area contributed by atoms with Crippen LogP contribution in [0.1, 0.15) is 30.9 Å². The Bertz CT molecular complexity index is 1140. The van der Waals surface area contributed by atoms with E-state index in [0.29, 0.717) is 23.4 Å². The van der Waals surface area contributed by atoms with Crippen molar-refractivity contribution in [3.63, 3.8) is 0 Å². The third-order valence-corrected chi connectivity index (χ3v) is 5.50. The van der Waals surface area contributed by atoms with Gasteiger partial charge in [0.05, 0.1) is 24.2 Å². The highest BCUT2D eigenvalue weighted by atomic mass is 16.6. The molecule has 0 spiro atoms. The molecule has 9 nitrogen and oxygen atoms in total. The Morgan fingerprint density at radius 3 is 2.48 bits per heavy atom. The van der Waals surface area contributed by atoms with E-state index in [0.717, 1.165) is 5.56 Å². The van der Waals surface area contributed by atoms with Crippen LogP contribution >= 0.6 is 0 Å². The number of nitrogens with zero attached hydrogens (tertiary/aromatic N) is 2. The molecule has 172 valence electrons. The highest BCUT2D eigenvalue weighted by molar-refractivity contribution is 6.07. The summed E-state index contributed by atoms with van der Waals surface area (Å²) in [7, 11) is 1.24. The van der Waals surface area contributed by atoms with E-state index in [9.17, 15) is 24.8 Å². The van der Waals surface area contributed by atoms with Gasteiger partial charge < -0.3 is 14.6 Å². The lowest BCUT2D eigenvalue weighted by Crippen LogP contribution is -2.36. The summed E-state index contributed by atoms with van der Waals surface area (Å²) in [6.45, 7) is 3.36. The molecule has 9 heteroatoms. The van der Waals surface area contributed by atoms with Gasteiger partial charge >= 0.3 is 11.9 Å². The van der Waals surface area contributed by atoms with E-state index in [4.69, 9.17) is 9.47 Å². The maximum absolute atomic E-state index is 13.1. The number of hydrogen-bond donors (Lipinski definition) is 1. The number of nitro groups is 1. The first-order chi connectivity index (χ1) is 15.7. The van der Waals surface area contributed by atoms with Crippen molar-refractivity contribution in [3.05, 3.63) is 81.0 Å². The van der Waals surface area contributed by atoms with Crippen molar-refractivity contribution < 1.29 is 29.1 Å². The van der Waals surface area contributed by atoms with E-state index < -0.39 is 28.7 Å². The number of ether oxygens (including phenoxy) is 2. The first-order valence-corrected chi connectivity index (χ1v) is 10.3. The monoisotopic (exact) mass is 452 g/mol. The predicted octanol–water partition coefficient (Wildman–Crippen LogP) is 3.71. The molecule has 1 N–H and O–H groups in total. The van der Waals surface area contributed by atoms with Gasteiger partial charge in [-0.2, -0.15) is 0 Å². The van der Waals surface area contributed by atoms with Gasteiger partial charge in [-0.3, -0.25) is 19.9 Å². The molecular formula is C24H24N2O7. The largest absolute Gasteiger partial charge is 0.508 e. The molecule has 1 aliphatic rings. The number of rotatable bonds is 7. The second-order valence-corrected chi connectivity index (χ2v) is 7.64. The SMILES string of the molecule is COC(=O)C1C(C)=NC(C)=C(C(=O)OCCc2ccc(O)cc2)C1c1cccc([N+](=O)[O-])c1. The molecule has 0 aliphatic carbocycles. The van der Waals surface area contributed by atoms with Crippen LogP contribution in [0.5, 0.6) is 5.75 Å². The van der Waals surface area contributed by atoms with Gasteiger partial charge in [-0.25, -0.2) is 4.79 Å². The topological polar surface area (TPSA) is 128 Å². The molecule has 2 unspecified atom stereocenters. The molecule has 0 saturated heterocycles. The average molecular weight is 452 g/mol. The number of aromatic hydroxyl groups is 1. The van der Waals surface area contributed by atoms with Crippen molar-refractivity contribution in [2.45, 2.75) is 26.2 Å². The number of phenols is 1. The number of carbonyl (C=O) groups is 2. The standard InChI is InChI=1S/C24H24N2O7/c1-14-20(23(28)32-3)22(17-5-4-6-18(13-17)26(30)31)21(15(2)25-14)24(29)33-12-11-16-7-9-19(27)10-8-16/h4-10,13,20,22,27H,11-12H2,1-3H3. The van der Waals surface area contributed by atoms with Crippen LogP contribution in [0.4, 0.5) is 5.69 Å². The Kier molecular flexibility index (Phi) is 7.22. The molecule has 0 fully saturated rings. The van der Waals surface area contributed by atoms with Gasteiger partial charge in [-0.1, -0.05) is 24.3 Å². The Morgan fingerprint density at radius 2 is 1.85 bits per heavy atom. The number of carbonyl (C=O) groups excluding carboxylic acids is 2. The number of allylic oxidation sites excluding steroid dienone is 1. The summed E-state index contributed by atoms with van der Waals surface area (Å²) in [6.07, 6.45) is 0.419. The Hall–Kier alpha value is -4.01. The third kappa shape index (κ3) is 5.25. The number of hydrogen-bond acceptors (Lipinski definition) is 8. The van der Waals surface area contributed by atoms with Gasteiger partial charge in [0.15, 0.2) is 0 Å². The lowest BCUT2D eigenvalue weighted by molar-refractivity contribution is -0.384. The van der Waals surface area contributed by atoms with Crippen molar-refractivity contribution in [3.8, 4) is 5.75 Å². The molecule has 2 aromatic carbocycles. The number of aliphatic imine (C=N–C) groups is 1. The smallest absolute Gasteiger partial charge is 0.336 e. The zero-order chi connectivity index (χ0) is 24.1. The second kappa shape index (κ2) is 10.1. The minimum Gasteiger partial charge on any atom is -0.508 e. The van der Waals surface area contributed by atoms with Gasteiger partial charge in [0, 0.05) is 35.9 Å². The van der Waals surface area contributed by atoms with Gasteiger partial charge in [-0.05, 0) is 37.1 Å². The van der Waals surface area contributed by atoms with Gasteiger partial charge in [0.2, 0.25) is 0 Å². The Morgan fingerprint density at radius 1 is 1.15 bits per heavy atom. The van der Waals surface area contributed by atoms with Crippen LogP contribution in [0.25, 0.3) is 0 Å². The van der Waals surface area contributed by atoms with Crippen molar-refractivity contribution in [1.82, 2.24) is 0 Å². The van der Waals surface area contributed by atoms with Gasteiger partial charge in [0.1, 0.15) is 11.7 Å². The summed E-state index contributed by atoms with van der Waals surface area (Å²) in [4.78, 5) is 41.0. The first kappa shape index (κ1) is 23.6.